The third-order valence-corrected chi connectivity index (χ3v) is 3.93. The third kappa shape index (κ3) is 5.35. The second kappa shape index (κ2) is 9.26. The predicted octanol–water partition coefficient (Wildman–Crippen LogP) is 3.16. The maximum atomic E-state index is 12.2. The van der Waals surface area contributed by atoms with Gasteiger partial charge in [-0.25, -0.2) is 0 Å². The van der Waals surface area contributed by atoms with E-state index >= 15 is 0 Å². The summed E-state index contributed by atoms with van der Waals surface area (Å²) in [6.07, 6.45) is 0.871. The highest BCUT2D eigenvalue weighted by atomic mass is 127. The van der Waals surface area contributed by atoms with Gasteiger partial charge in [0.05, 0.1) is 13.7 Å². The molecule has 2 amide bonds. The Kier molecular flexibility index (Phi) is 7.05. The van der Waals surface area contributed by atoms with Crippen LogP contribution in [-0.4, -0.2) is 25.5 Å². The highest BCUT2D eigenvalue weighted by molar-refractivity contribution is 14.1. The first kappa shape index (κ1) is 19.0. The highest BCUT2D eigenvalue weighted by Gasteiger charge is 2.13. The fraction of sp³-hybridized carbons (Fsp3) is 0.222. The lowest BCUT2D eigenvalue weighted by Crippen LogP contribution is -2.41. The van der Waals surface area contributed by atoms with Crippen molar-refractivity contribution in [1.29, 1.82) is 0 Å². The number of ether oxygens (including phenoxy) is 2. The Hall–Kier alpha value is -2.29. The summed E-state index contributed by atoms with van der Waals surface area (Å²) < 4.78 is 11.7. The molecule has 0 saturated heterocycles. The van der Waals surface area contributed by atoms with Crippen LogP contribution in [0.3, 0.4) is 0 Å². The molecule has 0 fully saturated rings. The van der Waals surface area contributed by atoms with Crippen LogP contribution in [0.15, 0.2) is 42.5 Å². The smallest absolute Gasteiger partial charge is 0.269 e. The minimum Gasteiger partial charge on any atom is -0.493 e. The summed E-state index contributed by atoms with van der Waals surface area (Å²) in [4.78, 5) is 24.3. The molecule has 0 saturated carbocycles. The molecule has 0 radical (unpaired) electrons. The van der Waals surface area contributed by atoms with Gasteiger partial charge in [-0.05, 0) is 65.4 Å². The number of amides is 2. The zero-order valence-corrected chi connectivity index (χ0v) is 16.1. The molecule has 0 atom stereocenters. The molecule has 0 aliphatic rings. The first-order valence-electron chi connectivity index (χ1n) is 7.72. The molecule has 0 aliphatic heterocycles. The molecule has 0 bridgehead atoms. The molecule has 132 valence electrons. The number of carbonyl (C=O) groups is 2. The zero-order valence-electron chi connectivity index (χ0n) is 14.0. The SMILES string of the molecule is CCCOc1ccc(C(=O)NNC(=O)c2cccc(I)c2)cc1OC. The standard InChI is InChI=1S/C18H19IN2O4/c1-3-9-25-15-8-7-13(11-16(15)24-2)18(23)21-20-17(22)12-5-4-6-14(19)10-12/h4-8,10-11H,3,9H2,1-2H3,(H,20,22)(H,21,23). The van der Waals surface area contributed by atoms with E-state index in [1.807, 2.05) is 13.0 Å². The van der Waals surface area contributed by atoms with Crippen LogP contribution < -0.4 is 20.3 Å². The topological polar surface area (TPSA) is 76.7 Å². The molecule has 2 aromatic carbocycles. The number of halogens is 1. The monoisotopic (exact) mass is 454 g/mol. The van der Waals surface area contributed by atoms with E-state index in [1.54, 1.807) is 36.4 Å². The third-order valence-electron chi connectivity index (χ3n) is 3.26. The van der Waals surface area contributed by atoms with E-state index in [1.165, 1.54) is 7.11 Å². The van der Waals surface area contributed by atoms with Crippen LogP contribution in [0.4, 0.5) is 0 Å². The van der Waals surface area contributed by atoms with Crippen molar-refractivity contribution in [2.45, 2.75) is 13.3 Å². The number of rotatable bonds is 6. The van der Waals surface area contributed by atoms with Crippen molar-refractivity contribution in [2.24, 2.45) is 0 Å². The molecule has 2 aromatic rings. The van der Waals surface area contributed by atoms with Crippen LogP contribution in [0.5, 0.6) is 11.5 Å². The molecular weight excluding hydrogens is 435 g/mol. The quantitative estimate of drug-likeness (QED) is 0.520. The first-order valence-corrected chi connectivity index (χ1v) is 8.80. The van der Waals surface area contributed by atoms with Crippen molar-refractivity contribution in [3.8, 4) is 11.5 Å². The fourth-order valence-electron chi connectivity index (χ4n) is 2.03. The summed E-state index contributed by atoms with van der Waals surface area (Å²) in [5.74, 6) is 0.204. The fourth-order valence-corrected chi connectivity index (χ4v) is 2.57. The average molecular weight is 454 g/mol. The van der Waals surface area contributed by atoms with Gasteiger partial charge >= 0.3 is 0 Å². The Morgan fingerprint density at radius 1 is 1.00 bits per heavy atom. The van der Waals surface area contributed by atoms with Gasteiger partial charge in [-0.1, -0.05) is 13.0 Å². The van der Waals surface area contributed by atoms with Crippen molar-refractivity contribution in [1.82, 2.24) is 10.9 Å². The number of nitrogens with one attached hydrogen (secondary N) is 2. The summed E-state index contributed by atoms with van der Waals surface area (Å²) in [5, 5.41) is 0. The van der Waals surface area contributed by atoms with Crippen molar-refractivity contribution in [3.63, 3.8) is 0 Å². The molecule has 0 aliphatic carbocycles. The lowest BCUT2D eigenvalue weighted by molar-refractivity contribution is 0.0846. The molecule has 2 N–H and O–H groups in total. The second-order valence-electron chi connectivity index (χ2n) is 5.13. The van der Waals surface area contributed by atoms with E-state index in [4.69, 9.17) is 9.47 Å². The van der Waals surface area contributed by atoms with E-state index < -0.39 is 5.91 Å². The zero-order chi connectivity index (χ0) is 18.2. The van der Waals surface area contributed by atoms with Crippen molar-refractivity contribution in [2.75, 3.05) is 13.7 Å². The highest BCUT2D eigenvalue weighted by Crippen LogP contribution is 2.28. The summed E-state index contributed by atoms with van der Waals surface area (Å²) in [5.41, 5.74) is 5.61. The van der Waals surface area contributed by atoms with Crippen LogP contribution >= 0.6 is 22.6 Å². The minimum atomic E-state index is -0.445. The van der Waals surface area contributed by atoms with E-state index in [0.717, 1.165) is 9.99 Å². The Balaban J connectivity index is 2.01. The number of hydrogen-bond acceptors (Lipinski definition) is 4. The van der Waals surface area contributed by atoms with Crippen LogP contribution in [0.1, 0.15) is 34.1 Å². The van der Waals surface area contributed by atoms with Crippen molar-refractivity contribution in [3.05, 3.63) is 57.2 Å². The molecule has 0 aromatic heterocycles. The van der Waals surface area contributed by atoms with Gasteiger partial charge in [-0.2, -0.15) is 0 Å². The Bertz CT molecular complexity index is 764. The largest absolute Gasteiger partial charge is 0.493 e. The van der Waals surface area contributed by atoms with E-state index in [2.05, 4.69) is 33.4 Å². The molecule has 0 unspecified atom stereocenters. The van der Waals surface area contributed by atoms with Gasteiger partial charge < -0.3 is 9.47 Å². The van der Waals surface area contributed by atoms with Gasteiger partial charge in [0.25, 0.3) is 11.8 Å². The number of hydrogen-bond donors (Lipinski definition) is 2. The van der Waals surface area contributed by atoms with E-state index in [9.17, 15) is 9.59 Å². The summed E-state index contributed by atoms with van der Waals surface area (Å²) >= 11 is 2.12. The van der Waals surface area contributed by atoms with Gasteiger partial charge in [0.2, 0.25) is 0 Å². The number of hydrazine groups is 1. The molecule has 0 heterocycles. The molecule has 7 heteroatoms. The second-order valence-corrected chi connectivity index (χ2v) is 6.38. The molecule has 2 rings (SSSR count). The van der Waals surface area contributed by atoms with Crippen LogP contribution in [0.25, 0.3) is 0 Å². The number of benzene rings is 2. The normalized spacial score (nSPS) is 10.0. The van der Waals surface area contributed by atoms with Crippen LogP contribution in [0, 0.1) is 3.57 Å². The van der Waals surface area contributed by atoms with Crippen molar-refractivity contribution < 1.29 is 19.1 Å². The maximum absolute atomic E-state index is 12.2. The van der Waals surface area contributed by atoms with Gasteiger partial charge in [-0.15, -0.1) is 0 Å². The Morgan fingerprint density at radius 3 is 2.28 bits per heavy atom. The number of carbonyl (C=O) groups excluding carboxylic acids is 2. The first-order chi connectivity index (χ1) is 12.0. The van der Waals surface area contributed by atoms with E-state index in [-0.39, 0.29) is 5.91 Å². The van der Waals surface area contributed by atoms with Gasteiger partial charge in [0, 0.05) is 14.7 Å². The van der Waals surface area contributed by atoms with Crippen LogP contribution in [-0.2, 0) is 0 Å². The van der Waals surface area contributed by atoms with Gasteiger partial charge in [-0.3, -0.25) is 20.4 Å². The Labute approximate surface area is 160 Å². The summed E-state index contributed by atoms with van der Waals surface area (Å²) in [6.45, 7) is 2.57. The number of methoxy groups -OCH3 is 1. The van der Waals surface area contributed by atoms with E-state index in [0.29, 0.717) is 29.2 Å². The molecule has 25 heavy (non-hydrogen) atoms. The average Bonchev–Trinajstić information content (AvgIpc) is 2.63. The lowest BCUT2D eigenvalue weighted by atomic mass is 10.2. The van der Waals surface area contributed by atoms with Gasteiger partial charge in [0.1, 0.15) is 0 Å². The molecular formula is C18H19IN2O4. The molecule has 6 nitrogen and oxygen atoms in total. The summed E-state index contributed by atoms with van der Waals surface area (Å²) in [6, 6.07) is 11.9. The maximum Gasteiger partial charge on any atom is 0.269 e. The molecule has 0 spiro atoms. The Morgan fingerprint density at radius 2 is 1.68 bits per heavy atom. The summed E-state index contributed by atoms with van der Waals surface area (Å²) in [7, 11) is 1.51. The minimum absolute atomic E-state index is 0.351. The lowest BCUT2D eigenvalue weighted by Gasteiger charge is -2.12. The predicted molar refractivity (Wildman–Crippen MR) is 103 cm³/mol. The van der Waals surface area contributed by atoms with Crippen LogP contribution in [0.2, 0.25) is 0 Å². The van der Waals surface area contributed by atoms with Crippen molar-refractivity contribution >= 4 is 34.4 Å². The van der Waals surface area contributed by atoms with Gasteiger partial charge in [0.15, 0.2) is 11.5 Å².